The van der Waals surface area contributed by atoms with Crippen molar-refractivity contribution in [1.82, 2.24) is 9.88 Å². The lowest BCUT2D eigenvalue weighted by molar-refractivity contribution is -0.148. The number of aryl methyl sites for hydroxylation is 1. The van der Waals surface area contributed by atoms with Gasteiger partial charge in [-0.25, -0.2) is 9.78 Å². The molecule has 1 N–H and O–H groups in total. The van der Waals surface area contributed by atoms with E-state index < -0.39 is 5.97 Å². The Labute approximate surface area is 107 Å². The molecule has 2 rings (SSSR count). The van der Waals surface area contributed by atoms with Crippen LogP contribution in [-0.4, -0.2) is 32.8 Å². The number of carbonyl (C=O) groups excluding carboxylic acids is 2. The third-order valence-corrected chi connectivity index (χ3v) is 3.84. The third kappa shape index (κ3) is 2.40. The van der Waals surface area contributed by atoms with Crippen LogP contribution in [0.25, 0.3) is 0 Å². The molecule has 1 saturated heterocycles. The van der Waals surface area contributed by atoms with Gasteiger partial charge in [0.05, 0.1) is 12.2 Å². The van der Waals surface area contributed by atoms with Crippen LogP contribution in [0.1, 0.15) is 39.6 Å². The average molecular weight is 268 g/mol. The molecule has 1 fully saturated rings. The maximum Gasteiger partial charge on any atom is 0.347 e. The average Bonchev–Trinajstić information content (AvgIpc) is 2.65. The molecule has 0 spiro atoms. The monoisotopic (exact) mass is 268 g/mol. The largest absolute Gasteiger partial charge is 0.477 e. The number of amides is 2. The van der Waals surface area contributed by atoms with Gasteiger partial charge in [-0.05, 0) is 13.3 Å². The molecule has 1 aromatic heterocycles. The van der Waals surface area contributed by atoms with Gasteiger partial charge in [-0.2, -0.15) is 0 Å². The lowest BCUT2D eigenvalue weighted by atomic mass is 10.1. The van der Waals surface area contributed by atoms with Gasteiger partial charge in [-0.15, -0.1) is 11.3 Å². The van der Waals surface area contributed by atoms with E-state index in [0.717, 1.165) is 16.2 Å². The van der Waals surface area contributed by atoms with Gasteiger partial charge in [0.1, 0.15) is 9.88 Å². The molecule has 0 radical (unpaired) electrons. The Morgan fingerprint density at radius 3 is 2.50 bits per heavy atom. The maximum atomic E-state index is 11.6. The summed E-state index contributed by atoms with van der Waals surface area (Å²) in [5.74, 6) is -1.46. The number of aromatic nitrogens is 1. The summed E-state index contributed by atoms with van der Waals surface area (Å²) in [7, 11) is 0. The minimum atomic E-state index is -1.03. The van der Waals surface area contributed by atoms with E-state index in [1.807, 2.05) is 0 Å². The van der Waals surface area contributed by atoms with E-state index in [1.165, 1.54) is 0 Å². The quantitative estimate of drug-likeness (QED) is 0.832. The van der Waals surface area contributed by atoms with Gasteiger partial charge in [0, 0.05) is 12.8 Å². The summed E-state index contributed by atoms with van der Waals surface area (Å²) >= 11 is 1.01. The van der Waals surface area contributed by atoms with E-state index in [9.17, 15) is 14.4 Å². The Morgan fingerprint density at radius 2 is 2.00 bits per heavy atom. The number of aromatic carboxylic acids is 1. The summed E-state index contributed by atoms with van der Waals surface area (Å²) < 4.78 is 0. The first-order valence-corrected chi connectivity index (χ1v) is 6.33. The van der Waals surface area contributed by atoms with Crippen LogP contribution in [0.4, 0.5) is 0 Å². The summed E-state index contributed by atoms with van der Waals surface area (Å²) in [4.78, 5) is 39.5. The smallest absolute Gasteiger partial charge is 0.347 e. The van der Waals surface area contributed by atoms with Crippen molar-refractivity contribution < 1.29 is 19.5 Å². The van der Waals surface area contributed by atoms with Gasteiger partial charge in [0.2, 0.25) is 11.8 Å². The number of carbonyl (C=O) groups is 3. The van der Waals surface area contributed by atoms with E-state index in [1.54, 1.807) is 6.92 Å². The van der Waals surface area contributed by atoms with Crippen molar-refractivity contribution in [3.63, 3.8) is 0 Å². The highest BCUT2D eigenvalue weighted by molar-refractivity contribution is 7.13. The Morgan fingerprint density at radius 1 is 1.39 bits per heavy atom. The molecule has 1 aliphatic rings. The number of hydrogen-bond acceptors (Lipinski definition) is 5. The summed E-state index contributed by atoms with van der Waals surface area (Å²) in [5, 5.41) is 9.39. The Hall–Kier alpha value is -1.76. The summed E-state index contributed by atoms with van der Waals surface area (Å²) in [6, 6.07) is 0. The van der Waals surface area contributed by atoms with Crippen LogP contribution in [-0.2, 0) is 16.1 Å². The molecular formula is C11H12N2O4S. The number of carboxylic acid groups (broad SMARTS) is 1. The second-order valence-corrected chi connectivity index (χ2v) is 5.14. The first-order valence-electron chi connectivity index (χ1n) is 5.52. The number of carboxylic acids is 1. The molecule has 1 aliphatic heterocycles. The van der Waals surface area contributed by atoms with E-state index in [-0.39, 0.29) is 23.2 Å². The fourth-order valence-corrected chi connectivity index (χ4v) is 2.72. The van der Waals surface area contributed by atoms with Crippen molar-refractivity contribution in [2.45, 2.75) is 32.7 Å². The topological polar surface area (TPSA) is 87.6 Å². The summed E-state index contributed by atoms with van der Waals surface area (Å²) in [6.45, 7) is 1.68. The van der Waals surface area contributed by atoms with Crippen LogP contribution in [0, 0.1) is 6.92 Å². The predicted octanol–water partition coefficient (Wildman–Crippen LogP) is 1.19. The molecule has 0 bridgehead atoms. The van der Waals surface area contributed by atoms with Crippen molar-refractivity contribution in [2.75, 3.05) is 0 Å². The molecular weight excluding hydrogens is 256 g/mol. The first kappa shape index (κ1) is 12.7. The van der Waals surface area contributed by atoms with E-state index >= 15 is 0 Å². The van der Waals surface area contributed by atoms with Crippen molar-refractivity contribution in [2.24, 2.45) is 0 Å². The van der Waals surface area contributed by atoms with Crippen LogP contribution >= 0.6 is 11.3 Å². The molecule has 0 aromatic carbocycles. The van der Waals surface area contributed by atoms with Crippen LogP contribution in [0.15, 0.2) is 0 Å². The van der Waals surface area contributed by atoms with Crippen molar-refractivity contribution >= 4 is 29.1 Å². The third-order valence-electron chi connectivity index (χ3n) is 2.71. The molecule has 96 valence electrons. The predicted molar refractivity (Wildman–Crippen MR) is 63.2 cm³/mol. The lowest BCUT2D eigenvalue weighted by Gasteiger charge is -2.23. The van der Waals surface area contributed by atoms with Gasteiger partial charge in [-0.1, -0.05) is 0 Å². The number of rotatable bonds is 3. The molecule has 0 unspecified atom stereocenters. The molecule has 6 nitrogen and oxygen atoms in total. The number of thiazole rings is 1. The Balaban J connectivity index is 2.18. The van der Waals surface area contributed by atoms with Crippen molar-refractivity contribution in [1.29, 1.82) is 0 Å². The molecule has 2 amide bonds. The fraction of sp³-hybridized carbons (Fsp3) is 0.455. The van der Waals surface area contributed by atoms with Crippen LogP contribution in [0.3, 0.4) is 0 Å². The fourth-order valence-electron chi connectivity index (χ4n) is 1.83. The van der Waals surface area contributed by atoms with Gasteiger partial charge in [-0.3, -0.25) is 14.5 Å². The second kappa shape index (κ2) is 4.85. The molecule has 0 saturated carbocycles. The minimum absolute atomic E-state index is 0.0798. The zero-order chi connectivity index (χ0) is 13.3. The zero-order valence-corrected chi connectivity index (χ0v) is 10.6. The van der Waals surface area contributed by atoms with Gasteiger partial charge in [0.15, 0.2) is 0 Å². The number of imide groups is 1. The molecule has 7 heteroatoms. The lowest BCUT2D eigenvalue weighted by Crippen LogP contribution is -2.39. The summed E-state index contributed by atoms with van der Waals surface area (Å²) in [6.07, 6.45) is 1.31. The molecule has 0 atom stereocenters. The Kier molecular flexibility index (Phi) is 3.42. The maximum absolute atomic E-state index is 11.6. The number of piperidine rings is 1. The van der Waals surface area contributed by atoms with Crippen LogP contribution in [0.5, 0.6) is 0 Å². The van der Waals surface area contributed by atoms with Gasteiger partial charge >= 0.3 is 5.97 Å². The first-order chi connectivity index (χ1) is 8.49. The molecule has 2 heterocycles. The van der Waals surface area contributed by atoms with Crippen LogP contribution in [0.2, 0.25) is 0 Å². The molecule has 1 aromatic rings. The normalized spacial score (nSPS) is 16.2. The van der Waals surface area contributed by atoms with E-state index in [2.05, 4.69) is 4.98 Å². The van der Waals surface area contributed by atoms with Gasteiger partial charge in [0.25, 0.3) is 0 Å². The highest BCUT2D eigenvalue weighted by atomic mass is 32.1. The number of hydrogen-bond donors (Lipinski definition) is 1. The minimum Gasteiger partial charge on any atom is -0.477 e. The van der Waals surface area contributed by atoms with Gasteiger partial charge < -0.3 is 5.11 Å². The molecule has 18 heavy (non-hydrogen) atoms. The highest BCUT2D eigenvalue weighted by Crippen LogP contribution is 2.22. The number of likely N-dealkylation sites (tertiary alicyclic amines) is 1. The van der Waals surface area contributed by atoms with E-state index in [0.29, 0.717) is 30.0 Å². The SMILES string of the molecule is Cc1nc(CN2C(=O)CCCC2=O)sc1C(=O)O. The summed E-state index contributed by atoms with van der Waals surface area (Å²) in [5.41, 5.74) is 0.416. The molecule has 0 aliphatic carbocycles. The zero-order valence-electron chi connectivity index (χ0n) is 9.80. The van der Waals surface area contributed by atoms with E-state index in [4.69, 9.17) is 5.11 Å². The Bertz CT molecular complexity index is 507. The standard InChI is InChI=1S/C11H12N2O4S/c1-6-10(11(16)17)18-7(12-6)5-13-8(14)3-2-4-9(13)15/h2-5H2,1H3,(H,16,17). The number of nitrogens with zero attached hydrogens (tertiary/aromatic N) is 2. The van der Waals surface area contributed by atoms with Crippen molar-refractivity contribution in [3.05, 3.63) is 15.6 Å². The van der Waals surface area contributed by atoms with Crippen LogP contribution < -0.4 is 0 Å². The highest BCUT2D eigenvalue weighted by Gasteiger charge is 2.27. The second-order valence-electron chi connectivity index (χ2n) is 4.05. The van der Waals surface area contributed by atoms with Crippen molar-refractivity contribution in [3.8, 4) is 0 Å².